The zero-order chi connectivity index (χ0) is 12.8. The summed E-state index contributed by atoms with van der Waals surface area (Å²) >= 11 is 0. The zero-order valence-corrected chi connectivity index (χ0v) is 10.5. The molecule has 1 aromatic rings. The molecular formula is C14H20N2O2. The topological polar surface area (TPSA) is 52.6 Å². The lowest BCUT2D eigenvalue weighted by atomic mass is 10.1. The second-order valence-corrected chi connectivity index (χ2v) is 4.75. The van der Waals surface area contributed by atoms with E-state index in [1.54, 1.807) is 0 Å². The number of nitrogens with one attached hydrogen (secondary N) is 1. The molecule has 0 aromatic heterocycles. The van der Waals surface area contributed by atoms with E-state index in [0.717, 1.165) is 19.5 Å². The number of hydrogen-bond donors (Lipinski definition) is 2. The van der Waals surface area contributed by atoms with Crippen molar-refractivity contribution < 1.29 is 9.90 Å². The van der Waals surface area contributed by atoms with Crippen molar-refractivity contribution in [2.45, 2.75) is 25.4 Å². The molecule has 0 saturated carbocycles. The Morgan fingerprint density at radius 1 is 1.33 bits per heavy atom. The molecule has 4 heteroatoms. The summed E-state index contributed by atoms with van der Waals surface area (Å²) in [5, 5.41) is 12.1. The first kappa shape index (κ1) is 13.1. The molecule has 98 valence electrons. The highest BCUT2D eigenvalue weighted by molar-refractivity contribution is 5.78. The highest BCUT2D eigenvalue weighted by Gasteiger charge is 2.22. The number of nitrogens with zero attached hydrogens (tertiary/aromatic N) is 1. The molecule has 1 aliphatic rings. The molecular weight excluding hydrogens is 228 g/mol. The molecule has 0 spiro atoms. The maximum absolute atomic E-state index is 11.2. The lowest BCUT2D eigenvalue weighted by Crippen LogP contribution is -2.39. The zero-order valence-electron chi connectivity index (χ0n) is 10.5. The number of aliphatic hydroxyl groups excluding tert-OH is 1. The van der Waals surface area contributed by atoms with E-state index >= 15 is 0 Å². The van der Waals surface area contributed by atoms with Crippen LogP contribution in [0.25, 0.3) is 0 Å². The summed E-state index contributed by atoms with van der Waals surface area (Å²) in [6, 6.07) is 10.4. The van der Waals surface area contributed by atoms with Gasteiger partial charge < -0.3 is 10.4 Å². The smallest absolute Gasteiger partial charge is 0.220 e. The summed E-state index contributed by atoms with van der Waals surface area (Å²) in [4.78, 5) is 13.4. The van der Waals surface area contributed by atoms with Crippen LogP contribution in [0.3, 0.4) is 0 Å². The van der Waals surface area contributed by atoms with Gasteiger partial charge >= 0.3 is 0 Å². The van der Waals surface area contributed by atoms with Crippen LogP contribution in [-0.2, 0) is 11.3 Å². The van der Waals surface area contributed by atoms with E-state index in [1.807, 2.05) is 18.2 Å². The van der Waals surface area contributed by atoms with E-state index in [-0.39, 0.29) is 18.6 Å². The van der Waals surface area contributed by atoms with Gasteiger partial charge in [-0.15, -0.1) is 0 Å². The normalized spacial score (nSPS) is 19.2. The van der Waals surface area contributed by atoms with Gasteiger partial charge in [-0.25, -0.2) is 0 Å². The molecule has 4 nitrogen and oxygen atoms in total. The molecule has 0 bridgehead atoms. The first-order chi connectivity index (χ1) is 8.78. The second-order valence-electron chi connectivity index (χ2n) is 4.75. The predicted octanol–water partition coefficient (Wildman–Crippen LogP) is 0.759. The molecule has 18 heavy (non-hydrogen) atoms. The van der Waals surface area contributed by atoms with Gasteiger partial charge in [0.1, 0.15) is 0 Å². The Hall–Kier alpha value is -1.39. The van der Waals surface area contributed by atoms with Gasteiger partial charge in [0.05, 0.1) is 6.61 Å². The molecule has 0 aliphatic carbocycles. The molecule has 2 N–H and O–H groups in total. The van der Waals surface area contributed by atoms with Crippen LogP contribution >= 0.6 is 0 Å². The van der Waals surface area contributed by atoms with Crippen LogP contribution < -0.4 is 5.32 Å². The maximum Gasteiger partial charge on any atom is 0.220 e. The quantitative estimate of drug-likeness (QED) is 0.781. The van der Waals surface area contributed by atoms with E-state index in [1.165, 1.54) is 5.56 Å². The Bertz CT molecular complexity index is 381. The third-order valence-electron chi connectivity index (χ3n) is 3.23. The Morgan fingerprint density at radius 3 is 2.72 bits per heavy atom. The van der Waals surface area contributed by atoms with Crippen molar-refractivity contribution in [3.8, 4) is 0 Å². The standard InChI is InChI=1S/C14H20N2O2/c17-9-8-16(10-12-4-2-1-3-5-12)11-13-6-7-14(18)15-13/h1-5,13,17H,6-11H2,(H,15,18)/t13-/m0/s1. The highest BCUT2D eigenvalue weighted by Crippen LogP contribution is 2.11. The summed E-state index contributed by atoms with van der Waals surface area (Å²) in [5.41, 5.74) is 1.23. The molecule has 1 saturated heterocycles. The minimum absolute atomic E-state index is 0.142. The Kier molecular flexibility index (Phi) is 4.73. The fraction of sp³-hybridized carbons (Fsp3) is 0.500. The van der Waals surface area contributed by atoms with Gasteiger partial charge in [-0.2, -0.15) is 0 Å². The van der Waals surface area contributed by atoms with Crippen molar-refractivity contribution >= 4 is 5.91 Å². The predicted molar refractivity (Wildman–Crippen MR) is 70.0 cm³/mol. The molecule has 1 atom stereocenters. The fourth-order valence-electron chi connectivity index (χ4n) is 2.34. The third-order valence-corrected chi connectivity index (χ3v) is 3.23. The number of aliphatic hydroxyl groups is 1. The minimum atomic E-state index is 0.142. The van der Waals surface area contributed by atoms with Crippen LogP contribution in [0.1, 0.15) is 18.4 Å². The van der Waals surface area contributed by atoms with Crippen LogP contribution in [0, 0.1) is 0 Å². The van der Waals surface area contributed by atoms with Crippen molar-refractivity contribution in [2.75, 3.05) is 19.7 Å². The van der Waals surface area contributed by atoms with Gasteiger partial charge in [-0.3, -0.25) is 9.69 Å². The summed E-state index contributed by atoms with van der Waals surface area (Å²) in [6.07, 6.45) is 1.53. The number of carbonyl (C=O) groups excluding carboxylic acids is 1. The van der Waals surface area contributed by atoms with Crippen molar-refractivity contribution in [1.29, 1.82) is 0 Å². The van der Waals surface area contributed by atoms with Gasteiger partial charge in [0.15, 0.2) is 0 Å². The van der Waals surface area contributed by atoms with E-state index in [9.17, 15) is 4.79 Å². The summed E-state index contributed by atoms with van der Waals surface area (Å²) in [5.74, 6) is 0.142. The molecule has 1 aliphatic heterocycles. The molecule has 1 aromatic carbocycles. The molecule has 1 amide bonds. The number of rotatable bonds is 6. The van der Waals surface area contributed by atoms with E-state index in [0.29, 0.717) is 13.0 Å². The average molecular weight is 248 g/mol. The lowest BCUT2D eigenvalue weighted by molar-refractivity contribution is -0.119. The number of hydrogen-bond acceptors (Lipinski definition) is 3. The Morgan fingerprint density at radius 2 is 2.11 bits per heavy atom. The van der Waals surface area contributed by atoms with Crippen molar-refractivity contribution in [1.82, 2.24) is 10.2 Å². The highest BCUT2D eigenvalue weighted by atomic mass is 16.3. The van der Waals surface area contributed by atoms with Crippen LogP contribution in [0.5, 0.6) is 0 Å². The monoisotopic (exact) mass is 248 g/mol. The number of carbonyl (C=O) groups is 1. The fourth-order valence-corrected chi connectivity index (χ4v) is 2.34. The molecule has 0 radical (unpaired) electrons. The number of amides is 1. The number of benzene rings is 1. The van der Waals surface area contributed by atoms with Crippen molar-refractivity contribution in [3.05, 3.63) is 35.9 Å². The van der Waals surface area contributed by atoms with Crippen LogP contribution in [0.2, 0.25) is 0 Å². The molecule has 1 heterocycles. The first-order valence-electron chi connectivity index (χ1n) is 6.44. The Labute approximate surface area is 108 Å². The van der Waals surface area contributed by atoms with Crippen LogP contribution in [0.4, 0.5) is 0 Å². The molecule has 1 fully saturated rings. The average Bonchev–Trinajstić information content (AvgIpc) is 2.76. The largest absolute Gasteiger partial charge is 0.395 e. The van der Waals surface area contributed by atoms with Crippen molar-refractivity contribution in [3.63, 3.8) is 0 Å². The minimum Gasteiger partial charge on any atom is -0.395 e. The van der Waals surface area contributed by atoms with E-state index < -0.39 is 0 Å². The van der Waals surface area contributed by atoms with Gasteiger partial charge in [-0.1, -0.05) is 30.3 Å². The lowest BCUT2D eigenvalue weighted by Gasteiger charge is -2.24. The summed E-state index contributed by atoms with van der Waals surface area (Å²) < 4.78 is 0. The molecule has 2 rings (SSSR count). The van der Waals surface area contributed by atoms with E-state index in [4.69, 9.17) is 5.11 Å². The summed E-state index contributed by atoms with van der Waals surface area (Å²) in [6.45, 7) is 2.41. The third kappa shape index (κ3) is 3.82. The van der Waals surface area contributed by atoms with Crippen LogP contribution in [0.15, 0.2) is 30.3 Å². The van der Waals surface area contributed by atoms with Gasteiger partial charge in [0.2, 0.25) is 5.91 Å². The maximum atomic E-state index is 11.2. The summed E-state index contributed by atoms with van der Waals surface area (Å²) in [7, 11) is 0. The second kappa shape index (κ2) is 6.52. The van der Waals surface area contributed by atoms with Gasteiger partial charge in [0.25, 0.3) is 0 Å². The SMILES string of the molecule is O=C1CC[C@@H](CN(CCO)Cc2ccccc2)N1. The van der Waals surface area contributed by atoms with Gasteiger partial charge in [-0.05, 0) is 12.0 Å². The van der Waals surface area contributed by atoms with Crippen molar-refractivity contribution in [2.24, 2.45) is 0 Å². The van der Waals surface area contributed by atoms with Crippen LogP contribution in [-0.4, -0.2) is 41.7 Å². The van der Waals surface area contributed by atoms with E-state index in [2.05, 4.69) is 22.3 Å². The first-order valence-corrected chi connectivity index (χ1v) is 6.44. The molecule has 0 unspecified atom stereocenters. The van der Waals surface area contributed by atoms with Gasteiger partial charge in [0, 0.05) is 32.1 Å². The Balaban J connectivity index is 1.89.